The van der Waals surface area contributed by atoms with Crippen LogP contribution < -0.4 is 15.6 Å². The van der Waals surface area contributed by atoms with Gasteiger partial charge in [-0.05, 0) is 48.7 Å². The number of hydrogen-bond acceptors (Lipinski definition) is 3. The molecule has 6 heteroatoms. The van der Waals surface area contributed by atoms with Crippen molar-refractivity contribution in [1.82, 2.24) is 10.9 Å². The first-order valence-corrected chi connectivity index (χ1v) is 8.78. The Kier molecular flexibility index (Phi) is 6.58. The van der Waals surface area contributed by atoms with E-state index in [9.17, 15) is 9.59 Å². The number of rotatable bonds is 5. The lowest BCUT2D eigenvalue weighted by atomic mass is 10.0. The quantitative estimate of drug-likeness (QED) is 0.744. The second-order valence-corrected chi connectivity index (χ2v) is 6.85. The molecular weight excluding hydrogens is 384 g/mol. The molecule has 0 saturated heterocycles. The highest BCUT2D eigenvalue weighted by Crippen LogP contribution is 2.19. The van der Waals surface area contributed by atoms with Crippen LogP contribution in [0.5, 0.6) is 5.75 Å². The van der Waals surface area contributed by atoms with Crippen LogP contribution in [0.1, 0.15) is 42.6 Å². The monoisotopic (exact) mass is 404 g/mol. The Morgan fingerprint density at radius 1 is 1.00 bits per heavy atom. The van der Waals surface area contributed by atoms with Gasteiger partial charge in [0.15, 0.2) is 6.10 Å². The van der Waals surface area contributed by atoms with Crippen molar-refractivity contribution in [2.45, 2.75) is 32.8 Å². The van der Waals surface area contributed by atoms with Crippen LogP contribution >= 0.6 is 15.9 Å². The summed E-state index contributed by atoms with van der Waals surface area (Å²) >= 11 is 3.34. The van der Waals surface area contributed by atoms with Crippen LogP contribution in [0.15, 0.2) is 53.0 Å². The smallest absolute Gasteiger partial charge is 0.279 e. The van der Waals surface area contributed by atoms with Gasteiger partial charge >= 0.3 is 0 Å². The van der Waals surface area contributed by atoms with E-state index in [1.807, 2.05) is 24.3 Å². The van der Waals surface area contributed by atoms with Gasteiger partial charge < -0.3 is 4.74 Å². The SMILES string of the molecule is CC(C)c1ccc(C(=O)NNC(=O)[C@H](C)Oc2cccc(Br)c2)cc1. The van der Waals surface area contributed by atoms with E-state index in [2.05, 4.69) is 40.6 Å². The topological polar surface area (TPSA) is 67.4 Å². The van der Waals surface area contributed by atoms with Crippen molar-refractivity contribution in [2.75, 3.05) is 0 Å². The molecule has 0 radical (unpaired) electrons. The molecule has 0 fully saturated rings. The maximum absolute atomic E-state index is 12.1. The molecule has 0 aliphatic rings. The lowest BCUT2D eigenvalue weighted by molar-refractivity contribution is -0.128. The molecule has 132 valence electrons. The van der Waals surface area contributed by atoms with Crippen molar-refractivity contribution in [2.24, 2.45) is 0 Å². The zero-order valence-corrected chi connectivity index (χ0v) is 16.0. The molecule has 2 aromatic carbocycles. The summed E-state index contributed by atoms with van der Waals surface area (Å²) < 4.78 is 6.40. The zero-order chi connectivity index (χ0) is 18.4. The van der Waals surface area contributed by atoms with Gasteiger partial charge in [0, 0.05) is 10.0 Å². The number of amides is 2. The first kappa shape index (κ1) is 19.0. The Morgan fingerprint density at radius 2 is 1.68 bits per heavy atom. The molecule has 5 nitrogen and oxygen atoms in total. The molecule has 0 spiro atoms. The summed E-state index contributed by atoms with van der Waals surface area (Å²) in [5.74, 6) is 0.144. The molecule has 2 amide bonds. The van der Waals surface area contributed by atoms with Crippen LogP contribution in [-0.2, 0) is 4.79 Å². The summed E-state index contributed by atoms with van der Waals surface area (Å²) in [6.07, 6.45) is -0.752. The standard InChI is InChI=1S/C19H21BrN2O3/c1-12(2)14-7-9-15(10-8-14)19(24)22-21-18(23)13(3)25-17-6-4-5-16(20)11-17/h4-13H,1-3H3,(H,21,23)(H,22,24)/t13-/m0/s1. The molecule has 25 heavy (non-hydrogen) atoms. The largest absolute Gasteiger partial charge is 0.481 e. The number of carbonyl (C=O) groups is 2. The molecule has 0 heterocycles. The van der Waals surface area contributed by atoms with E-state index in [0.717, 1.165) is 10.0 Å². The van der Waals surface area contributed by atoms with Crippen molar-refractivity contribution in [3.05, 3.63) is 64.1 Å². The molecule has 2 N–H and O–H groups in total. The normalized spacial score (nSPS) is 11.7. The Hall–Kier alpha value is -2.34. The number of nitrogens with one attached hydrogen (secondary N) is 2. The average Bonchev–Trinajstić information content (AvgIpc) is 2.59. The minimum Gasteiger partial charge on any atom is -0.481 e. The van der Waals surface area contributed by atoms with E-state index >= 15 is 0 Å². The van der Waals surface area contributed by atoms with Crippen molar-refractivity contribution in [3.8, 4) is 5.75 Å². The Bertz CT molecular complexity index is 745. The molecule has 0 aliphatic heterocycles. The van der Waals surface area contributed by atoms with Gasteiger partial charge in [0.2, 0.25) is 0 Å². The van der Waals surface area contributed by atoms with E-state index in [0.29, 0.717) is 17.2 Å². The molecule has 1 atom stereocenters. The summed E-state index contributed by atoms with van der Waals surface area (Å²) in [5, 5.41) is 0. The van der Waals surface area contributed by atoms with Crippen molar-refractivity contribution < 1.29 is 14.3 Å². The molecule has 0 saturated carbocycles. The zero-order valence-electron chi connectivity index (χ0n) is 14.4. The fourth-order valence-electron chi connectivity index (χ4n) is 2.11. The first-order chi connectivity index (χ1) is 11.9. The van der Waals surface area contributed by atoms with Crippen LogP contribution in [0.3, 0.4) is 0 Å². The van der Waals surface area contributed by atoms with Crippen LogP contribution in [0.25, 0.3) is 0 Å². The molecule has 0 aromatic heterocycles. The predicted molar refractivity (Wildman–Crippen MR) is 100 cm³/mol. The van der Waals surface area contributed by atoms with Gasteiger partial charge in [0.25, 0.3) is 11.8 Å². The molecule has 2 aromatic rings. The van der Waals surface area contributed by atoms with Gasteiger partial charge in [0.1, 0.15) is 5.75 Å². The fraction of sp³-hybridized carbons (Fsp3) is 0.263. The third-order valence-electron chi connectivity index (χ3n) is 3.62. The number of benzene rings is 2. The van der Waals surface area contributed by atoms with Crippen LogP contribution in [0.2, 0.25) is 0 Å². The minimum atomic E-state index is -0.752. The van der Waals surface area contributed by atoms with E-state index in [1.165, 1.54) is 0 Å². The summed E-state index contributed by atoms with van der Waals surface area (Å²) in [4.78, 5) is 24.1. The van der Waals surface area contributed by atoms with E-state index < -0.39 is 12.0 Å². The van der Waals surface area contributed by atoms with Crippen LogP contribution in [0.4, 0.5) is 0 Å². The molecule has 0 bridgehead atoms. The predicted octanol–water partition coefficient (Wildman–Crippen LogP) is 3.80. The van der Waals surface area contributed by atoms with Gasteiger partial charge in [-0.2, -0.15) is 0 Å². The summed E-state index contributed by atoms with van der Waals surface area (Å²) in [7, 11) is 0. The molecule has 2 rings (SSSR count). The molecular formula is C19H21BrN2O3. The molecule has 0 unspecified atom stereocenters. The number of hydrazine groups is 1. The second-order valence-electron chi connectivity index (χ2n) is 5.94. The van der Waals surface area contributed by atoms with Crippen molar-refractivity contribution >= 4 is 27.7 Å². The van der Waals surface area contributed by atoms with Gasteiger partial charge in [-0.25, -0.2) is 0 Å². The van der Waals surface area contributed by atoms with Crippen molar-refractivity contribution in [1.29, 1.82) is 0 Å². The maximum atomic E-state index is 12.1. The van der Waals surface area contributed by atoms with Gasteiger partial charge in [-0.3, -0.25) is 20.4 Å². The number of hydrogen-bond donors (Lipinski definition) is 2. The summed E-state index contributed by atoms with van der Waals surface area (Å²) in [6, 6.07) is 14.5. The van der Waals surface area contributed by atoms with Crippen molar-refractivity contribution in [3.63, 3.8) is 0 Å². The fourth-order valence-corrected chi connectivity index (χ4v) is 2.49. The van der Waals surface area contributed by atoms with Crippen LogP contribution in [0, 0.1) is 0 Å². The maximum Gasteiger partial charge on any atom is 0.279 e. The second kappa shape index (κ2) is 8.67. The van der Waals surface area contributed by atoms with E-state index in [4.69, 9.17) is 4.74 Å². The van der Waals surface area contributed by atoms with Gasteiger partial charge in [-0.1, -0.05) is 48.0 Å². The average molecular weight is 405 g/mol. The lowest BCUT2D eigenvalue weighted by Crippen LogP contribution is -2.47. The number of carbonyl (C=O) groups excluding carboxylic acids is 2. The Balaban J connectivity index is 1.86. The van der Waals surface area contributed by atoms with E-state index in [-0.39, 0.29) is 5.91 Å². The third-order valence-corrected chi connectivity index (χ3v) is 4.11. The molecule has 0 aliphatic carbocycles. The Morgan fingerprint density at radius 3 is 2.28 bits per heavy atom. The highest BCUT2D eigenvalue weighted by molar-refractivity contribution is 9.10. The van der Waals surface area contributed by atoms with Crippen LogP contribution in [-0.4, -0.2) is 17.9 Å². The van der Waals surface area contributed by atoms with E-state index in [1.54, 1.807) is 31.2 Å². The summed E-state index contributed by atoms with van der Waals surface area (Å²) in [5.41, 5.74) is 6.40. The Labute approximate surface area is 155 Å². The highest BCUT2D eigenvalue weighted by Gasteiger charge is 2.16. The van der Waals surface area contributed by atoms with Gasteiger partial charge in [0.05, 0.1) is 0 Å². The van der Waals surface area contributed by atoms with Gasteiger partial charge in [-0.15, -0.1) is 0 Å². The highest BCUT2D eigenvalue weighted by atomic mass is 79.9. The number of ether oxygens (including phenoxy) is 1. The number of halogens is 1. The minimum absolute atomic E-state index is 0.377. The lowest BCUT2D eigenvalue weighted by Gasteiger charge is -2.15. The third kappa shape index (κ3) is 5.60. The first-order valence-electron chi connectivity index (χ1n) is 7.99. The summed E-state index contributed by atoms with van der Waals surface area (Å²) in [6.45, 7) is 5.78.